The monoisotopic (exact) mass is 309 g/mol. The molecule has 0 saturated heterocycles. The quantitative estimate of drug-likeness (QED) is 0.756. The standard InChI is InChI=1S/C12H11N3SSe/c1-8-5-6-9(16-8)7-13-10-3-2-4-11-12(10)15-17-14-11/h2-6,13H,7H2,1H3. The number of aryl methyl sites for hydroxylation is 1. The molecule has 0 unspecified atom stereocenters. The minimum absolute atomic E-state index is 0.0413. The van der Waals surface area contributed by atoms with Gasteiger partial charge in [-0.15, -0.1) is 0 Å². The predicted octanol–water partition coefficient (Wildman–Crippen LogP) is 2.67. The molecule has 0 radical (unpaired) electrons. The van der Waals surface area contributed by atoms with Gasteiger partial charge in [-0.05, 0) is 0 Å². The fourth-order valence-electron chi connectivity index (χ4n) is 1.71. The summed E-state index contributed by atoms with van der Waals surface area (Å²) in [5.41, 5.74) is 3.15. The fraction of sp³-hybridized carbons (Fsp3) is 0.167. The van der Waals surface area contributed by atoms with E-state index in [0.29, 0.717) is 0 Å². The molecule has 2 aromatic heterocycles. The second-order valence-electron chi connectivity index (χ2n) is 3.80. The summed E-state index contributed by atoms with van der Waals surface area (Å²) in [6.45, 7) is 2.99. The molecule has 0 bridgehead atoms. The van der Waals surface area contributed by atoms with E-state index >= 15 is 0 Å². The minimum atomic E-state index is 0.0413. The van der Waals surface area contributed by atoms with Crippen LogP contribution in [0.15, 0.2) is 30.3 Å². The van der Waals surface area contributed by atoms with Crippen LogP contribution in [0.4, 0.5) is 5.69 Å². The van der Waals surface area contributed by atoms with Crippen molar-refractivity contribution in [3.63, 3.8) is 0 Å². The Labute approximate surface area is 110 Å². The molecule has 0 aliphatic carbocycles. The summed E-state index contributed by atoms with van der Waals surface area (Å²) in [6.07, 6.45) is 0. The normalized spacial score (nSPS) is 10.9. The molecule has 3 rings (SSSR count). The van der Waals surface area contributed by atoms with Gasteiger partial charge < -0.3 is 0 Å². The first-order valence-corrected chi connectivity index (χ1v) is 7.68. The summed E-state index contributed by atoms with van der Waals surface area (Å²) < 4.78 is 8.83. The number of benzene rings is 1. The van der Waals surface area contributed by atoms with Gasteiger partial charge in [0.15, 0.2) is 0 Å². The van der Waals surface area contributed by atoms with Crippen molar-refractivity contribution in [1.29, 1.82) is 0 Å². The first-order chi connectivity index (χ1) is 8.33. The van der Waals surface area contributed by atoms with Gasteiger partial charge in [0.25, 0.3) is 0 Å². The van der Waals surface area contributed by atoms with E-state index < -0.39 is 0 Å². The molecule has 86 valence electrons. The van der Waals surface area contributed by atoms with E-state index in [1.165, 1.54) is 9.75 Å². The second kappa shape index (κ2) is 4.61. The van der Waals surface area contributed by atoms with Crippen LogP contribution in [0.3, 0.4) is 0 Å². The number of aromatic nitrogens is 2. The van der Waals surface area contributed by atoms with E-state index in [4.69, 9.17) is 0 Å². The molecule has 0 fully saturated rings. The Morgan fingerprint density at radius 1 is 1.24 bits per heavy atom. The van der Waals surface area contributed by atoms with Crippen molar-refractivity contribution in [3.05, 3.63) is 40.1 Å². The number of thiophene rings is 1. The third-order valence-corrected chi connectivity index (χ3v) is 4.67. The van der Waals surface area contributed by atoms with Crippen molar-refractivity contribution in [2.45, 2.75) is 13.5 Å². The molecular formula is C12H11N3SSe. The van der Waals surface area contributed by atoms with Crippen molar-refractivity contribution in [2.24, 2.45) is 0 Å². The Morgan fingerprint density at radius 2 is 2.18 bits per heavy atom. The molecule has 0 aliphatic rings. The molecule has 0 spiro atoms. The summed E-state index contributed by atoms with van der Waals surface area (Å²) >= 11 is 1.87. The van der Waals surface area contributed by atoms with Crippen LogP contribution in [0.5, 0.6) is 0 Å². The molecule has 2 heterocycles. The topological polar surface area (TPSA) is 37.8 Å². The summed E-state index contributed by atoms with van der Waals surface area (Å²) in [5, 5.41) is 3.44. The second-order valence-corrected chi connectivity index (χ2v) is 6.28. The zero-order valence-electron chi connectivity index (χ0n) is 9.30. The van der Waals surface area contributed by atoms with Gasteiger partial charge in [0.1, 0.15) is 0 Å². The maximum absolute atomic E-state index is 4.45. The molecule has 5 heteroatoms. The van der Waals surface area contributed by atoms with Crippen LogP contribution in [-0.2, 0) is 6.54 Å². The van der Waals surface area contributed by atoms with Gasteiger partial charge in [0, 0.05) is 0 Å². The molecule has 3 nitrogen and oxygen atoms in total. The van der Waals surface area contributed by atoms with Gasteiger partial charge in [-0.2, -0.15) is 0 Å². The zero-order valence-corrected chi connectivity index (χ0v) is 11.8. The van der Waals surface area contributed by atoms with Gasteiger partial charge in [-0.25, -0.2) is 0 Å². The average Bonchev–Trinajstić information content (AvgIpc) is 2.94. The Balaban J connectivity index is 1.83. The predicted molar refractivity (Wildman–Crippen MR) is 72.9 cm³/mol. The van der Waals surface area contributed by atoms with E-state index in [1.807, 2.05) is 23.5 Å². The number of hydrogen-bond acceptors (Lipinski definition) is 4. The van der Waals surface area contributed by atoms with Crippen LogP contribution < -0.4 is 5.32 Å². The summed E-state index contributed by atoms with van der Waals surface area (Å²) in [5.74, 6) is 0. The molecule has 3 aromatic rings. The Morgan fingerprint density at radius 3 is 3.00 bits per heavy atom. The number of nitrogens with zero attached hydrogens (tertiary/aromatic N) is 2. The summed E-state index contributed by atoms with van der Waals surface area (Å²) in [7, 11) is 0. The van der Waals surface area contributed by atoms with Crippen LogP contribution in [0.2, 0.25) is 0 Å². The van der Waals surface area contributed by atoms with Crippen LogP contribution in [-0.4, -0.2) is 22.9 Å². The number of anilines is 1. The van der Waals surface area contributed by atoms with Gasteiger partial charge in [-0.1, -0.05) is 0 Å². The maximum atomic E-state index is 4.45. The first kappa shape index (κ1) is 11.0. The van der Waals surface area contributed by atoms with Crippen LogP contribution in [0.1, 0.15) is 9.75 Å². The van der Waals surface area contributed by atoms with E-state index in [1.54, 1.807) is 0 Å². The van der Waals surface area contributed by atoms with Gasteiger partial charge in [0.05, 0.1) is 0 Å². The van der Waals surface area contributed by atoms with Gasteiger partial charge in [0.2, 0.25) is 0 Å². The van der Waals surface area contributed by atoms with Gasteiger partial charge >= 0.3 is 110 Å². The van der Waals surface area contributed by atoms with E-state index in [-0.39, 0.29) is 15.0 Å². The zero-order chi connectivity index (χ0) is 11.7. The summed E-state index contributed by atoms with van der Waals surface area (Å²) in [4.78, 5) is 2.70. The van der Waals surface area contributed by atoms with Crippen LogP contribution >= 0.6 is 11.3 Å². The molecular weight excluding hydrogens is 297 g/mol. The first-order valence-electron chi connectivity index (χ1n) is 5.33. The van der Waals surface area contributed by atoms with E-state index in [9.17, 15) is 0 Å². The third-order valence-electron chi connectivity index (χ3n) is 2.54. The SMILES string of the molecule is Cc1ccc(CNc2cccc3n[se]nc23)s1. The van der Waals surface area contributed by atoms with E-state index in [2.05, 4.69) is 38.4 Å². The van der Waals surface area contributed by atoms with Gasteiger partial charge in [-0.3, -0.25) is 0 Å². The molecule has 1 aromatic carbocycles. The third kappa shape index (κ3) is 2.27. The molecule has 0 amide bonds. The Bertz CT molecular complexity index is 644. The Kier molecular flexibility index (Phi) is 2.97. The molecule has 0 aliphatic heterocycles. The summed E-state index contributed by atoms with van der Waals surface area (Å²) in [6, 6.07) is 10.4. The number of nitrogens with one attached hydrogen (secondary N) is 1. The Hall–Kier alpha value is -1.16. The van der Waals surface area contributed by atoms with Crippen LogP contribution in [0.25, 0.3) is 11.0 Å². The van der Waals surface area contributed by atoms with Crippen LogP contribution in [0, 0.1) is 6.92 Å². The van der Waals surface area contributed by atoms with E-state index in [0.717, 1.165) is 23.3 Å². The average molecular weight is 308 g/mol. The molecule has 0 saturated carbocycles. The van der Waals surface area contributed by atoms with Crippen molar-refractivity contribution in [3.8, 4) is 0 Å². The number of hydrogen-bond donors (Lipinski definition) is 1. The fourth-order valence-corrected chi connectivity index (χ4v) is 3.69. The molecule has 1 N–H and O–H groups in total. The van der Waals surface area contributed by atoms with Crippen molar-refractivity contribution >= 4 is 43.0 Å². The number of fused-ring (bicyclic) bond motifs is 1. The molecule has 17 heavy (non-hydrogen) atoms. The number of rotatable bonds is 3. The van der Waals surface area contributed by atoms with Crippen molar-refractivity contribution in [2.75, 3.05) is 5.32 Å². The van der Waals surface area contributed by atoms with Crippen molar-refractivity contribution in [1.82, 2.24) is 7.96 Å². The van der Waals surface area contributed by atoms with Crippen molar-refractivity contribution < 1.29 is 0 Å². The molecule has 0 atom stereocenters.